The molecule has 0 aliphatic carbocycles. The molecule has 0 N–H and O–H groups in total. The number of carbonyl (C=O) groups excluding carboxylic acids is 1. The Labute approximate surface area is 135 Å². The van der Waals surface area contributed by atoms with E-state index in [1.165, 1.54) is 12.1 Å². The summed E-state index contributed by atoms with van der Waals surface area (Å²) in [5, 5.41) is 0.0615. The van der Waals surface area contributed by atoms with Gasteiger partial charge in [0.1, 0.15) is 23.3 Å². The van der Waals surface area contributed by atoms with Gasteiger partial charge in [0, 0.05) is 12.6 Å². The van der Waals surface area contributed by atoms with E-state index in [1.807, 2.05) is 20.8 Å². The van der Waals surface area contributed by atoms with E-state index in [9.17, 15) is 9.18 Å². The van der Waals surface area contributed by atoms with Gasteiger partial charge in [-0.05, 0) is 45.7 Å². The average Bonchev–Trinajstić information content (AvgIpc) is 2.41. The van der Waals surface area contributed by atoms with Gasteiger partial charge in [0.15, 0.2) is 0 Å². The van der Waals surface area contributed by atoms with Crippen molar-refractivity contribution in [1.82, 2.24) is 4.90 Å². The highest BCUT2D eigenvalue weighted by Gasteiger charge is 2.28. The summed E-state index contributed by atoms with van der Waals surface area (Å²) in [4.78, 5) is 13.7. The van der Waals surface area contributed by atoms with Crippen LogP contribution >= 0.6 is 11.6 Å². The molecule has 1 fully saturated rings. The summed E-state index contributed by atoms with van der Waals surface area (Å²) in [6, 6.07) is 4.34. The van der Waals surface area contributed by atoms with Crippen LogP contribution in [0, 0.1) is 5.82 Å². The molecule has 0 aromatic heterocycles. The molecule has 1 heterocycles. The molecule has 6 heteroatoms. The molecule has 0 spiro atoms. The minimum Gasteiger partial charge on any atom is -0.488 e. The fraction of sp³-hybridized carbons (Fsp3) is 0.562. The smallest absolute Gasteiger partial charge is 0.410 e. The van der Waals surface area contributed by atoms with Crippen molar-refractivity contribution in [3.05, 3.63) is 29.0 Å². The van der Waals surface area contributed by atoms with Crippen molar-refractivity contribution in [2.45, 2.75) is 45.3 Å². The first-order valence-electron chi connectivity index (χ1n) is 7.34. The molecule has 1 atom stereocenters. The van der Waals surface area contributed by atoms with E-state index in [0.717, 1.165) is 12.8 Å². The van der Waals surface area contributed by atoms with Gasteiger partial charge in [0.25, 0.3) is 0 Å². The van der Waals surface area contributed by atoms with Crippen molar-refractivity contribution in [3.63, 3.8) is 0 Å². The van der Waals surface area contributed by atoms with Crippen LogP contribution in [0.15, 0.2) is 18.2 Å². The number of ether oxygens (including phenoxy) is 2. The minimum atomic E-state index is -0.524. The molecule has 4 nitrogen and oxygen atoms in total. The Balaban J connectivity index is 1.95. The Morgan fingerprint density at radius 1 is 1.41 bits per heavy atom. The SMILES string of the molecule is CC(C)(C)OC(=O)N1CCC[C@@H](Oc2ccc(Cl)c(F)c2)C1. The molecule has 1 aromatic carbocycles. The van der Waals surface area contributed by atoms with Gasteiger partial charge in [0.2, 0.25) is 0 Å². The van der Waals surface area contributed by atoms with Crippen molar-refractivity contribution in [2.24, 2.45) is 0 Å². The quantitative estimate of drug-likeness (QED) is 0.814. The standard InChI is InChI=1S/C16H21ClFNO3/c1-16(2,3)22-15(20)19-8-4-5-12(10-19)21-11-6-7-13(17)14(18)9-11/h6-7,9,12H,4-5,8,10H2,1-3H3/t12-/m1/s1. The van der Waals surface area contributed by atoms with Crippen molar-refractivity contribution < 1.29 is 18.7 Å². The van der Waals surface area contributed by atoms with Crippen LogP contribution in [0.5, 0.6) is 5.75 Å². The average molecular weight is 330 g/mol. The van der Waals surface area contributed by atoms with Crippen LogP contribution in [0.4, 0.5) is 9.18 Å². The Kier molecular flexibility index (Phi) is 5.16. The predicted octanol–water partition coefficient (Wildman–Crippen LogP) is 4.26. The third kappa shape index (κ3) is 4.77. The van der Waals surface area contributed by atoms with E-state index in [2.05, 4.69) is 0 Å². The largest absolute Gasteiger partial charge is 0.488 e. The third-order valence-electron chi connectivity index (χ3n) is 3.22. The third-order valence-corrected chi connectivity index (χ3v) is 3.53. The normalized spacial score (nSPS) is 19.0. The van der Waals surface area contributed by atoms with Gasteiger partial charge in [0.05, 0.1) is 11.6 Å². The lowest BCUT2D eigenvalue weighted by atomic mass is 10.1. The van der Waals surface area contributed by atoms with Crippen molar-refractivity contribution in [1.29, 1.82) is 0 Å². The molecule has 1 aliphatic heterocycles. The monoisotopic (exact) mass is 329 g/mol. The van der Waals surface area contributed by atoms with Gasteiger partial charge in [-0.25, -0.2) is 9.18 Å². The van der Waals surface area contributed by atoms with E-state index in [0.29, 0.717) is 18.8 Å². The van der Waals surface area contributed by atoms with Gasteiger partial charge < -0.3 is 14.4 Å². The number of amides is 1. The first-order valence-corrected chi connectivity index (χ1v) is 7.72. The maximum absolute atomic E-state index is 13.4. The second-order valence-electron chi connectivity index (χ2n) is 6.38. The van der Waals surface area contributed by atoms with Crippen molar-refractivity contribution in [3.8, 4) is 5.75 Å². The van der Waals surface area contributed by atoms with Gasteiger partial charge in [-0.3, -0.25) is 0 Å². The van der Waals surface area contributed by atoms with Crippen LogP contribution in [-0.2, 0) is 4.74 Å². The second kappa shape index (κ2) is 6.73. The Morgan fingerprint density at radius 3 is 2.77 bits per heavy atom. The van der Waals surface area contributed by atoms with E-state index >= 15 is 0 Å². The zero-order valence-corrected chi connectivity index (χ0v) is 13.8. The molecule has 1 saturated heterocycles. The van der Waals surface area contributed by atoms with Crippen molar-refractivity contribution in [2.75, 3.05) is 13.1 Å². The molecular formula is C16H21ClFNO3. The molecule has 1 aliphatic rings. The van der Waals surface area contributed by atoms with Gasteiger partial charge >= 0.3 is 6.09 Å². The molecule has 1 amide bonds. The van der Waals surface area contributed by atoms with Crippen LogP contribution in [0.25, 0.3) is 0 Å². The predicted molar refractivity (Wildman–Crippen MR) is 82.9 cm³/mol. The highest BCUT2D eigenvalue weighted by atomic mass is 35.5. The highest BCUT2D eigenvalue weighted by molar-refractivity contribution is 6.30. The molecule has 1 aromatic rings. The molecule has 0 unspecified atom stereocenters. The number of hydrogen-bond acceptors (Lipinski definition) is 3. The highest BCUT2D eigenvalue weighted by Crippen LogP contribution is 2.24. The number of piperidine rings is 1. The Morgan fingerprint density at radius 2 is 2.14 bits per heavy atom. The van der Waals surface area contributed by atoms with Crippen LogP contribution in [0.1, 0.15) is 33.6 Å². The number of benzene rings is 1. The maximum Gasteiger partial charge on any atom is 0.410 e. The lowest BCUT2D eigenvalue weighted by Crippen LogP contribution is -2.46. The zero-order valence-electron chi connectivity index (χ0n) is 13.1. The molecule has 0 bridgehead atoms. The number of carbonyl (C=O) groups is 1. The van der Waals surface area contributed by atoms with Crippen molar-refractivity contribution >= 4 is 17.7 Å². The summed E-state index contributed by atoms with van der Waals surface area (Å²) in [7, 11) is 0. The van der Waals surface area contributed by atoms with Crippen LogP contribution < -0.4 is 4.74 Å². The summed E-state index contributed by atoms with van der Waals surface area (Å²) >= 11 is 5.65. The Hall–Kier alpha value is -1.49. The fourth-order valence-electron chi connectivity index (χ4n) is 2.27. The van der Waals surface area contributed by atoms with E-state index < -0.39 is 11.4 Å². The van der Waals surface area contributed by atoms with E-state index in [-0.39, 0.29) is 17.2 Å². The minimum absolute atomic E-state index is 0.0615. The number of nitrogens with zero attached hydrogens (tertiary/aromatic N) is 1. The topological polar surface area (TPSA) is 38.8 Å². The summed E-state index contributed by atoms with van der Waals surface area (Å²) in [6.07, 6.45) is 1.11. The first kappa shape index (κ1) is 16.9. The van der Waals surface area contributed by atoms with Crippen LogP contribution in [-0.4, -0.2) is 35.8 Å². The summed E-state index contributed by atoms with van der Waals surface area (Å²) in [6.45, 7) is 6.57. The van der Waals surface area contributed by atoms with Gasteiger partial charge in [-0.15, -0.1) is 0 Å². The van der Waals surface area contributed by atoms with Gasteiger partial charge in [-0.2, -0.15) is 0 Å². The van der Waals surface area contributed by atoms with Crippen LogP contribution in [0.3, 0.4) is 0 Å². The zero-order chi connectivity index (χ0) is 16.3. The second-order valence-corrected chi connectivity index (χ2v) is 6.79. The number of rotatable bonds is 2. The number of likely N-dealkylation sites (tertiary alicyclic amines) is 1. The Bertz CT molecular complexity index is 545. The molecule has 0 saturated carbocycles. The molecule has 122 valence electrons. The summed E-state index contributed by atoms with van der Waals surface area (Å²) in [5.74, 6) is -0.100. The molecule has 0 radical (unpaired) electrons. The maximum atomic E-state index is 13.4. The van der Waals surface area contributed by atoms with E-state index in [1.54, 1.807) is 11.0 Å². The lowest BCUT2D eigenvalue weighted by molar-refractivity contribution is 0.00772. The molecular weight excluding hydrogens is 309 g/mol. The number of hydrogen-bond donors (Lipinski definition) is 0. The summed E-state index contributed by atoms with van der Waals surface area (Å²) < 4.78 is 24.5. The fourth-order valence-corrected chi connectivity index (χ4v) is 2.39. The van der Waals surface area contributed by atoms with Crippen LogP contribution in [0.2, 0.25) is 5.02 Å². The lowest BCUT2D eigenvalue weighted by Gasteiger charge is -2.34. The van der Waals surface area contributed by atoms with E-state index in [4.69, 9.17) is 21.1 Å². The van der Waals surface area contributed by atoms with Gasteiger partial charge in [-0.1, -0.05) is 11.6 Å². The molecule has 2 rings (SSSR count). The first-order chi connectivity index (χ1) is 10.2. The molecule has 22 heavy (non-hydrogen) atoms. The summed E-state index contributed by atoms with van der Waals surface area (Å²) in [5.41, 5.74) is -0.524. The number of halogens is 2.